The molecule has 16 heavy (non-hydrogen) atoms. The van der Waals surface area contributed by atoms with Crippen molar-refractivity contribution in [2.75, 3.05) is 13.7 Å². The van der Waals surface area contributed by atoms with E-state index in [1.165, 1.54) is 0 Å². The van der Waals surface area contributed by atoms with Gasteiger partial charge in [-0.15, -0.1) is 0 Å². The second kappa shape index (κ2) is 6.08. The molecule has 2 heterocycles. The lowest BCUT2D eigenvalue weighted by Gasteiger charge is -1.99. The summed E-state index contributed by atoms with van der Waals surface area (Å²) in [6.07, 6.45) is 1.77. The lowest BCUT2D eigenvalue weighted by Crippen LogP contribution is -2.11. The molecule has 0 N–H and O–H groups in total. The number of hydrogen-bond acceptors (Lipinski definition) is 2. The van der Waals surface area contributed by atoms with Crippen molar-refractivity contribution >= 4 is 5.52 Å². The van der Waals surface area contributed by atoms with Crippen molar-refractivity contribution in [2.24, 2.45) is 0 Å². The summed E-state index contributed by atoms with van der Waals surface area (Å²) in [5.41, 5.74) is 1.99. The number of fused-ring (bicyclic) bond motifs is 1. The molecule has 2 rings (SSSR count). The number of pyridine rings is 2. The first kappa shape index (κ1) is 12.5. The van der Waals surface area contributed by atoms with E-state index < -0.39 is 0 Å². The van der Waals surface area contributed by atoms with Gasteiger partial charge in [0.25, 0.3) is 5.56 Å². The maximum atomic E-state index is 11.4. The van der Waals surface area contributed by atoms with Crippen LogP contribution in [0.3, 0.4) is 0 Å². The van der Waals surface area contributed by atoms with Crippen LogP contribution in [0.4, 0.5) is 0 Å². The number of aromatic nitrogens is 1. The Balaban J connectivity index is 0.000000280. The largest absolute Gasteiger partial charge is 0.385 e. The molecule has 0 spiro atoms. The Morgan fingerprint density at radius 1 is 1.31 bits per heavy atom. The lowest BCUT2D eigenvalue weighted by molar-refractivity contribution is 0.215. The molecule has 0 unspecified atom stereocenters. The van der Waals surface area contributed by atoms with Crippen LogP contribution in [0.25, 0.3) is 5.52 Å². The number of methoxy groups -OCH3 is 1. The van der Waals surface area contributed by atoms with Crippen LogP contribution in [-0.4, -0.2) is 18.1 Å². The van der Waals surface area contributed by atoms with Gasteiger partial charge in [0.15, 0.2) is 0 Å². The molecule has 0 aliphatic carbocycles. The van der Waals surface area contributed by atoms with Gasteiger partial charge in [-0.1, -0.05) is 6.07 Å². The molecule has 2 aromatic heterocycles. The Hall–Kier alpha value is -1.61. The second-order valence-corrected chi connectivity index (χ2v) is 3.44. The minimum Gasteiger partial charge on any atom is -0.385 e. The molecule has 0 fully saturated rings. The summed E-state index contributed by atoms with van der Waals surface area (Å²) in [7, 11) is 1.68. The van der Waals surface area contributed by atoms with Crippen molar-refractivity contribution in [1.29, 1.82) is 0 Å². The molecule has 0 aliphatic rings. The maximum Gasteiger partial charge on any atom is 0.255 e. The minimum absolute atomic E-state index is 0.0330. The minimum atomic E-state index is 0.0330. The number of ether oxygens (including phenoxy) is 1. The lowest BCUT2D eigenvalue weighted by atomic mass is 10.2. The zero-order chi connectivity index (χ0) is 12.0. The quantitative estimate of drug-likeness (QED) is 0.736. The van der Waals surface area contributed by atoms with Gasteiger partial charge in [0.05, 0.1) is 0 Å². The molecule has 3 heteroatoms. The van der Waals surface area contributed by atoms with Crippen molar-refractivity contribution in [3.05, 3.63) is 52.4 Å². The van der Waals surface area contributed by atoms with Crippen LogP contribution in [0.1, 0.15) is 12.5 Å². The SMILES string of the molecule is CCOC.Cc1cc(=O)n2ccccc2c1. The monoisotopic (exact) mass is 219 g/mol. The Kier molecular flexibility index (Phi) is 4.73. The molecule has 0 saturated heterocycles. The smallest absolute Gasteiger partial charge is 0.255 e. The summed E-state index contributed by atoms with van der Waals surface area (Å²) in [6.45, 7) is 4.70. The van der Waals surface area contributed by atoms with E-state index in [9.17, 15) is 4.79 Å². The Morgan fingerprint density at radius 2 is 2.00 bits per heavy atom. The third kappa shape index (κ3) is 3.21. The van der Waals surface area contributed by atoms with E-state index >= 15 is 0 Å². The Labute approximate surface area is 95.3 Å². The number of rotatable bonds is 1. The molecule has 86 valence electrons. The normalized spacial score (nSPS) is 9.69. The molecular weight excluding hydrogens is 202 g/mol. The molecule has 0 radical (unpaired) electrons. The highest BCUT2D eigenvalue weighted by molar-refractivity contribution is 5.47. The van der Waals surface area contributed by atoms with Crippen molar-refractivity contribution in [3.63, 3.8) is 0 Å². The van der Waals surface area contributed by atoms with E-state index in [1.807, 2.05) is 38.1 Å². The summed E-state index contributed by atoms with van der Waals surface area (Å²) >= 11 is 0. The summed E-state index contributed by atoms with van der Waals surface area (Å²) < 4.78 is 6.17. The zero-order valence-electron chi connectivity index (χ0n) is 9.93. The van der Waals surface area contributed by atoms with Crippen LogP contribution in [0, 0.1) is 6.92 Å². The topological polar surface area (TPSA) is 30.7 Å². The van der Waals surface area contributed by atoms with Gasteiger partial charge in [-0.05, 0) is 37.6 Å². The molecule has 0 saturated carbocycles. The van der Waals surface area contributed by atoms with Crippen LogP contribution in [-0.2, 0) is 4.74 Å². The highest BCUT2D eigenvalue weighted by Gasteiger charge is 1.94. The molecule has 0 bridgehead atoms. The van der Waals surface area contributed by atoms with Gasteiger partial charge in [-0.25, -0.2) is 0 Å². The van der Waals surface area contributed by atoms with Crippen molar-refractivity contribution in [2.45, 2.75) is 13.8 Å². The Bertz CT molecular complexity index is 501. The van der Waals surface area contributed by atoms with Crippen molar-refractivity contribution in [1.82, 2.24) is 4.40 Å². The van der Waals surface area contributed by atoms with Crippen LogP contribution < -0.4 is 5.56 Å². The Morgan fingerprint density at radius 3 is 2.62 bits per heavy atom. The van der Waals surface area contributed by atoms with E-state index in [0.29, 0.717) is 0 Å². The van der Waals surface area contributed by atoms with E-state index in [4.69, 9.17) is 0 Å². The molecule has 0 amide bonds. The fourth-order valence-corrected chi connectivity index (χ4v) is 1.31. The summed E-state index contributed by atoms with van der Waals surface area (Å²) in [5.74, 6) is 0. The van der Waals surface area contributed by atoms with Gasteiger partial charge in [0.2, 0.25) is 0 Å². The fourth-order valence-electron chi connectivity index (χ4n) is 1.31. The fraction of sp³-hybridized carbons (Fsp3) is 0.308. The predicted molar refractivity (Wildman–Crippen MR) is 66.0 cm³/mol. The average molecular weight is 219 g/mol. The van der Waals surface area contributed by atoms with Gasteiger partial charge >= 0.3 is 0 Å². The van der Waals surface area contributed by atoms with Crippen molar-refractivity contribution < 1.29 is 4.74 Å². The number of hydrogen-bond donors (Lipinski definition) is 0. The van der Waals surface area contributed by atoms with Crippen LogP contribution >= 0.6 is 0 Å². The molecular formula is C13H17NO2. The average Bonchev–Trinajstić information content (AvgIpc) is 2.29. The van der Waals surface area contributed by atoms with Gasteiger partial charge in [0, 0.05) is 31.5 Å². The summed E-state index contributed by atoms with van der Waals surface area (Å²) in [5, 5.41) is 0. The predicted octanol–water partition coefficient (Wildman–Crippen LogP) is 2.26. The first-order chi connectivity index (χ1) is 7.69. The first-order valence-corrected chi connectivity index (χ1v) is 5.26. The second-order valence-electron chi connectivity index (χ2n) is 3.44. The highest BCUT2D eigenvalue weighted by Crippen LogP contribution is 2.01. The molecule has 0 aromatic carbocycles. The number of nitrogens with zero attached hydrogens (tertiary/aromatic N) is 1. The van der Waals surface area contributed by atoms with Crippen molar-refractivity contribution in [3.8, 4) is 0 Å². The highest BCUT2D eigenvalue weighted by atomic mass is 16.5. The molecule has 2 aromatic rings. The van der Waals surface area contributed by atoms with Gasteiger partial charge in [-0.3, -0.25) is 9.20 Å². The number of aryl methyl sites for hydroxylation is 1. The van der Waals surface area contributed by atoms with Crippen LogP contribution in [0.2, 0.25) is 0 Å². The maximum absolute atomic E-state index is 11.4. The summed E-state index contributed by atoms with van der Waals surface area (Å²) in [6, 6.07) is 9.32. The van der Waals surface area contributed by atoms with Gasteiger partial charge in [-0.2, -0.15) is 0 Å². The van der Waals surface area contributed by atoms with Gasteiger partial charge in [0.1, 0.15) is 0 Å². The van der Waals surface area contributed by atoms with E-state index in [-0.39, 0.29) is 5.56 Å². The zero-order valence-corrected chi connectivity index (χ0v) is 9.93. The summed E-state index contributed by atoms with van der Waals surface area (Å²) in [4.78, 5) is 11.4. The van der Waals surface area contributed by atoms with Crippen LogP contribution in [0.5, 0.6) is 0 Å². The standard InChI is InChI=1S/C10H9NO.C3H8O/c1-8-6-9-4-2-3-5-11(9)10(12)7-8;1-3-4-2/h2-7H,1H3;3H2,1-2H3. The third-order valence-corrected chi connectivity index (χ3v) is 2.14. The third-order valence-electron chi connectivity index (χ3n) is 2.14. The molecule has 0 atom stereocenters. The van der Waals surface area contributed by atoms with Crippen LogP contribution in [0.15, 0.2) is 41.3 Å². The van der Waals surface area contributed by atoms with Gasteiger partial charge < -0.3 is 4.74 Å². The van der Waals surface area contributed by atoms with E-state index in [1.54, 1.807) is 23.8 Å². The van der Waals surface area contributed by atoms with E-state index in [2.05, 4.69) is 4.74 Å². The molecule has 3 nitrogen and oxygen atoms in total. The van der Waals surface area contributed by atoms with E-state index in [0.717, 1.165) is 17.7 Å². The first-order valence-electron chi connectivity index (χ1n) is 5.26. The molecule has 0 aliphatic heterocycles.